The number of cyclic esters (lactones) is 1. The normalized spacial score (nSPS) is 30.2. The van der Waals surface area contributed by atoms with Crippen LogP contribution in [0.15, 0.2) is 46.3 Å². The van der Waals surface area contributed by atoms with Crippen LogP contribution in [0.3, 0.4) is 0 Å². The number of hydrogen-bond acceptors (Lipinski definition) is 4. The molecular formula is C15H16O4. The van der Waals surface area contributed by atoms with Gasteiger partial charge in [-0.3, -0.25) is 0 Å². The third-order valence-corrected chi connectivity index (χ3v) is 4.11. The van der Waals surface area contributed by atoms with Gasteiger partial charge in [0.25, 0.3) is 0 Å². The molecule has 1 aliphatic heterocycles. The summed E-state index contributed by atoms with van der Waals surface area (Å²) in [6.07, 6.45) is 8.10. The summed E-state index contributed by atoms with van der Waals surface area (Å²) in [6.45, 7) is 2.03. The van der Waals surface area contributed by atoms with Gasteiger partial charge in [0, 0.05) is 17.1 Å². The van der Waals surface area contributed by atoms with Gasteiger partial charge in [-0.1, -0.05) is 13.0 Å². The average molecular weight is 260 g/mol. The number of aliphatic hydroxyl groups excluding tert-OH is 1. The molecule has 4 heteroatoms. The highest BCUT2D eigenvalue weighted by atomic mass is 16.5. The van der Waals surface area contributed by atoms with Crippen molar-refractivity contribution >= 4 is 5.97 Å². The number of aliphatic hydroxyl groups is 1. The Kier molecular flexibility index (Phi) is 2.82. The zero-order chi connectivity index (χ0) is 13.5. The number of hydrogen-bond donors (Lipinski definition) is 1. The van der Waals surface area contributed by atoms with Crippen molar-refractivity contribution in [3.63, 3.8) is 0 Å². The maximum Gasteiger partial charge on any atom is 0.331 e. The molecule has 0 amide bonds. The van der Waals surface area contributed by atoms with E-state index in [1.807, 2.05) is 12.1 Å². The molecule has 2 heterocycles. The van der Waals surface area contributed by atoms with Crippen molar-refractivity contribution in [2.75, 3.05) is 6.61 Å². The number of furan rings is 1. The summed E-state index contributed by atoms with van der Waals surface area (Å²) in [6, 6.07) is 1.82. The first-order valence-electron chi connectivity index (χ1n) is 6.40. The van der Waals surface area contributed by atoms with E-state index in [4.69, 9.17) is 9.15 Å². The summed E-state index contributed by atoms with van der Waals surface area (Å²) in [5, 5.41) is 9.47. The van der Waals surface area contributed by atoms with Crippen LogP contribution in [-0.4, -0.2) is 17.7 Å². The Morgan fingerprint density at radius 2 is 2.37 bits per heavy atom. The number of esters is 1. The Labute approximate surface area is 111 Å². The van der Waals surface area contributed by atoms with Gasteiger partial charge in [0.1, 0.15) is 6.10 Å². The van der Waals surface area contributed by atoms with Gasteiger partial charge in [-0.05, 0) is 30.1 Å². The van der Waals surface area contributed by atoms with E-state index in [0.29, 0.717) is 0 Å². The molecule has 0 saturated carbocycles. The fraction of sp³-hybridized carbons (Fsp3) is 0.400. The smallest absolute Gasteiger partial charge is 0.331 e. The van der Waals surface area contributed by atoms with Gasteiger partial charge >= 0.3 is 5.97 Å². The SMILES string of the molecule is C[C@@]12CCC=C(CO)C1=CC(=O)O[C@H]2c1ccoc1. The van der Waals surface area contributed by atoms with Crippen molar-refractivity contribution in [1.29, 1.82) is 0 Å². The van der Waals surface area contributed by atoms with Crippen molar-refractivity contribution in [2.45, 2.75) is 25.9 Å². The second-order valence-corrected chi connectivity index (χ2v) is 5.28. The molecule has 0 bridgehead atoms. The monoisotopic (exact) mass is 260 g/mol. The van der Waals surface area contributed by atoms with Crippen LogP contribution in [0.2, 0.25) is 0 Å². The number of fused-ring (bicyclic) bond motifs is 1. The first kappa shape index (κ1) is 12.2. The largest absolute Gasteiger partial charge is 0.472 e. The molecule has 0 saturated heterocycles. The van der Waals surface area contributed by atoms with Crippen molar-refractivity contribution in [2.24, 2.45) is 5.41 Å². The molecule has 0 unspecified atom stereocenters. The van der Waals surface area contributed by atoms with Gasteiger partial charge in [0.05, 0.1) is 19.1 Å². The highest BCUT2D eigenvalue weighted by Crippen LogP contribution is 2.53. The first-order valence-corrected chi connectivity index (χ1v) is 6.40. The molecule has 4 nitrogen and oxygen atoms in total. The Balaban J connectivity index is 2.09. The van der Waals surface area contributed by atoms with Crippen molar-refractivity contribution in [3.05, 3.63) is 47.5 Å². The maximum absolute atomic E-state index is 11.8. The summed E-state index contributed by atoms with van der Waals surface area (Å²) in [7, 11) is 0. The summed E-state index contributed by atoms with van der Waals surface area (Å²) >= 11 is 0. The molecule has 2 atom stereocenters. The molecule has 100 valence electrons. The molecule has 0 fully saturated rings. The topological polar surface area (TPSA) is 59.7 Å². The van der Waals surface area contributed by atoms with Crippen molar-refractivity contribution < 1.29 is 19.1 Å². The van der Waals surface area contributed by atoms with Gasteiger partial charge in [-0.15, -0.1) is 0 Å². The first-order chi connectivity index (χ1) is 9.15. The third-order valence-electron chi connectivity index (χ3n) is 4.11. The van der Waals surface area contributed by atoms with Crippen molar-refractivity contribution in [1.82, 2.24) is 0 Å². The van der Waals surface area contributed by atoms with Crippen LogP contribution >= 0.6 is 0 Å². The molecule has 19 heavy (non-hydrogen) atoms. The van der Waals surface area contributed by atoms with Crippen LogP contribution in [0.4, 0.5) is 0 Å². The zero-order valence-electron chi connectivity index (χ0n) is 10.8. The number of carbonyl (C=O) groups excluding carboxylic acids is 1. The second kappa shape index (κ2) is 4.38. The molecular weight excluding hydrogens is 244 g/mol. The van der Waals surface area contributed by atoms with Crippen LogP contribution in [0, 0.1) is 5.41 Å². The number of rotatable bonds is 2. The summed E-state index contributed by atoms with van der Waals surface area (Å²) in [5.41, 5.74) is 2.29. The van der Waals surface area contributed by atoms with Gasteiger partial charge in [-0.2, -0.15) is 0 Å². The van der Waals surface area contributed by atoms with Crippen LogP contribution in [0.1, 0.15) is 31.4 Å². The quantitative estimate of drug-likeness (QED) is 0.830. The van der Waals surface area contributed by atoms with E-state index in [-0.39, 0.29) is 24.1 Å². The Morgan fingerprint density at radius 3 is 3.05 bits per heavy atom. The van der Waals surface area contributed by atoms with E-state index in [2.05, 4.69) is 6.92 Å². The summed E-state index contributed by atoms with van der Waals surface area (Å²) in [5.74, 6) is -0.361. The Hall–Kier alpha value is -1.81. The lowest BCUT2D eigenvalue weighted by atomic mass is 9.65. The predicted octanol–water partition coefficient (Wildman–Crippen LogP) is 2.52. The molecule has 1 aromatic heterocycles. The molecule has 1 N–H and O–H groups in total. The van der Waals surface area contributed by atoms with Gasteiger partial charge < -0.3 is 14.3 Å². The third kappa shape index (κ3) is 1.83. The molecule has 1 aromatic rings. The van der Waals surface area contributed by atoms with E-state index in [0.717, 1.165) is 29.6 Å². The van der Waals surface area contributed by atoms with E-state index in [1.54, 1.807) is 12.5 Å². The molecule has 1 aliphatic carbocycles. The molecule has 0 spiro atoms. The van der Waals surface area contributed by atoms with E-state index in [1.165, 1.54) is 6.08 Å². The molecule has 0 aromatic carbocycles. The predicted molar refractivity (Wildman–Crippen MR) is 68.1 cm³/mol. The van der Waals surface area contributed by atoms with Gasteiger partial charge in [-0.25, -0.2) is 4.79 Å². The highest BCUT2D eigenvalue weighted by molar-refractivity contribution is 5.86. The number of carbonyl (C=O) groups is 1. The van der Waals surface area contributed by atoms with Crippen molar-refractivity contribution in [3.8, 4) is 0 Å². The highest BCUT2D eigenvalue weighted by Gasteiger charge is 2.46. The minimum atomic E-state index is -0.361. The summed E-state index contributed by atoms with van der Waals surface area (Å²) < 4.78 is 10.6. The van der Waals surface area contributed by atoms with Crippen LogP contribution in [0.25, 0.3) is 0 Å². The standard InChI is InChI=1S/C15H16O4/c1-15-5-2-3-10(8-16)12(15)7-13(17)19-14(15)11-4-6-18-9-11/h3-4,6-7,9,14,16H,2,5,8H2,1H3/t14-,15+/m0/s1. The average Bonchev–Trinajstić information content (AvgIpc) is 2.91. The molecule has 0 radical (unpaired) electrons. The van der Waals surface area contributed by atoms with Gasteiger partial charge in [0.2, 0.25) is 0 Å². The fourth-order valence-corrected chi connectivity index (χ4v) is 3.10. The lowest BCUT2D eigenvalue weighted by Crippen LogP contribution is -2.37. The van der Waals surface area contributed by atoms with E-state index >= 15 is 0 Å². The minimum Gasteiger partial charge on any atom is -0.472 e. The van der Waals surface area contributed by atoms with E-state index in [9.17, 15) is 9.90 Å². The molecule has 3 rings (SSSR count). The summed E-state index contributed by atoms with van der Waals surface area (Å²) in [4.78, 5) is 11.8. The lowest BCUT2D eigenvalue weighted by molar-refractivity contribution is -0.152. The maximum atomic E-state index is 11.8. The molecule has 2 aliphatic rings. The lowest BCUT2D eigenvalue weighted by Gasteiger charge is -2.44. The van der Waals surface area contributed by atoms with Crippen LogP contribution in [0.5, 0.6) is 0 Å². The van der Waals surface area contributed by atoms with Gasteiger partial charge in [0.15, 0.2) is 0 Å². The Bertz CT molecular complexity index is 553. The second-order valence-electron chi connectivity index (χ2n) is 5.28. The number of allylic oxidation sites excluding steroid dienone is 1. The van der Waals surface area contributed by atoms with Crippen LogP contribution < -0.4 is 0 Å². The number of ether oxygens (including phenoxy) is 1. The van der Waals surface area contributed by atoms with E-state index < -0.39 is 0 Å². The zero-order valence-corrected chi connectivity index (χ0v) is 10.8. The fourth-order valence-electron chi connectivity index (χ4n) is 3.10. The Morgan fingerprint density at radius 1 is 1.53 bits per heavy atom. The van der Waals surface area contributed by atoms with Crippen LogP contribution in [-0.2, 0) is 9.53 Å². The minimum absolute atomic E-state index is 0.0488.